The number of alkyl halides is 1. The average Bonchev–Trinajstić information content (AvgIpc) is 2.49. The molecule has 0 aromatic rings. The molecule has 1 fully saturated rings. The molecule has 0 aromatic heterocycles. The molecule has 1 saturated heterocycles. The van der Waals surface area contributed by atoms with Crippen molar-refractivity contribution >= 4 is 17.9 Å². The van der Waals surface area contributed by atoms with Crippen LogP contribution in [0.25, 0.3) is 0 Å². The van der Waals surface area contributed by atoms with Crippen molar-refractivity contribution in [1.29, 1.82) is 0 Å². The Kier molecular flexibility index (Phi) is 7.23. The third-order valence-corrected chi connectivity index (χ3v) is 3.45. The van der Waals surface area contributed by atoms with Gasteiger partial charge in [-0.15, -0.1) is 0 Å². The van der Waals surface area contributed by atoms with Crippen LogP contribution in [-0.4, -0.2) is 43.5 Å². The van der Waals surface area contributed by atoms with Crippen molar-refractivity contribution in [2.45, 2.75) is 57.3 Å². The molecule has 0 spiro atoms. The van der Waals surface area contributed by atoms with Gasteiger partial charge < -0.3 is 14.8 Å². The summed E-state index contributed by atoms with van der Waals surface area (Å²) in [6.07, 6.45) is 4.32. The third kappa shape index (κ3) is 4.40. The molecule has 1 heterocycles. The molecule has 3 amide bonds. The Balaban J connectivity index is 2.51. The van der Waals surface area contributed by atoms with Crippen LogP contribution in [0.15, 0.2) is 0 Å². The van der Waals surface area contributed by atoms with E-state index >= 15 is 0 Å². The Labute approximate surface area is 128 Å². The number of carbonyl (C=O) groups is 3. The summed E-state index contributed by atoms with van der Waals surface area (Å²) < 4.78 is 24.1. The number of urea groups is 1. The summed E-state index contributed by atoms with van der Waals surface area (Å²) in [6, 6.07) is -0.907. The Morgan fingerprint density at radius 2 is 1.86 bits per heavy atom. The molecule has 0 saturated carbocycles. The summed E-state index contributed by atoms with van der Waals surface area (Å²) in [5.41, 5.74) is -3.08. The van der Waals surface area contributed by atoms with Gasteiger partial charge in [-0.25, -0.2) is 14.0 Å². The minimum Gasteiger partial charge on any atom is -0.466 e. The molecule has 1 rings (SSSR count). The summed E-state index contributed by atoms with van der Waals surface area (Å²) in [6.45, 7) is 2.25. The van der Waals surface area contributed by atoms with Gasteiger partial charge in [-0.1, -0.05) is 39.0 Å². The number of amides is 3. The highest BCUT2D eigenvalue weighted by molar-refractivity contribution is 6.13. The zero-order chi connectivity index (χ0) is 16.6. The third-order valence-electron chi connectivity index (χ3n) is 3.45. The van der Waals surface area contributed by atoms with Crippen LogP contribution in [0.3, 0.4) is 0 Å². The van der Waals surface area contributed by atoms with Gasteiger partial charge >= 0.3 is 17.7 Å². The van der Waals surface area contributed by atoms with Gasteiger partial charge in [0.2, 0.25) is 0 Å². The van der Waals surface area contributed by atoms with Crippen molar-refractivity contribution in [3.05, 3.63) is 0 Å². The molecule has 126 valence electrons. The van der Waals surface area contributed by atoms with E-state index in [2.05, 4.69) is 17.0 Å². The Hall–Kier alpha value is -1.70. The first-order valence-corrected chi connectivity index (χ1v) is 7.47. The molecule has 0 radical (unpaired) electrons. The number of unbranched alkanes of at least 4 members (excludes halogenated alkanes) is 5. The van der Waals surface area contributed by atoms with Crippen LogP contribution < -0.4 is 10.6 Å². The lowest BCUT2D eigenvalue weighted by molar-refractivity contribution is -0.177. The van der Waals surface area contributed by atoms with Gasteiger partial charge in [-0.3, -0.25) is 10.1 Å². The lowest BCUT2D eigenvalue weighted by Crippen LogP contribution is -2.70. The number of halogens is 1. The van der Waals surface area contributed by atoms with Gasteiger partial charge in [0.25, 0.3) is 5.91 Å². The van der Waals surface area contributed by atoms with E-state index in [9.17, 15) is 18.8 Å². The molecule has 2 atom stereocenters. The molecular formula is C14H23FN2O5. The largest absolute Gasteiger partial charge is 0.466 e. The number of ether oxygens (including phenoxy) is 2. The van der Waals surface area contributed by atoms with Crippen molar-refractivity contribution in [3.63, 3.8) is 0 Å². The van der Waals surface area contributed by atoms with E-state index in [1.807, 2.05) is 0 Å². The predicted molar refractivity (Wildman–Crippen MR) is 75.6 cm³/mol. The molecule has 1 aliphatic rings. The molecule has 2 unspecified atom stereocenters. The van der Waals surface area contributed by atoms with E-state index < -0.39 is 29.8 Å². The van der Waals surface area contributed by atoms with Crippen LogP contribution in [0.4, 0.5) is 9.18 Å². The van der Waals surface area contributed by atoms with Crippen molar-refractivity contribution in [1.82, 2.24) is 10.6 Å². The number of methoxy groups -OCH3 is 1. The van der Waals surface area contributed by atoms with E-state index in [0.717, 1.165) is 39.2 Å². The van der Waals surface area contributed by atoms with Crippen LogP contribution in [0.2, 0.25) is 0 Å². The topological polar surface area (TPSA) is 93.7 Å². The normalized spacial score (nSPS) is 24.6. The second-order valence-corrected chi connectivity index (χ2v) is 5.15. The second kappa shape index (κ2) is 8.67. The summed E-state index contributed by atoms with van der Waals surface area (Å²) >= 11 is 0. The van der Waals surface area contributed by atoms with Crippen LogP contribution in [0.5, 0.6) is 0 Å². The molecule has 0 aliphatic carbocycles. The monoisotopic (exact) mass is 318 g/mol. The molecular weight excluding hydrogens is 295 g/mol. The quantitative estimate of drug-likeness (QED) is 0.381. The van der Waals surface area contributed by atoms with Crippen LogP contribution in [-0.2, 0) is 19.1 Å². The zero-order valence-electron chi connectivity index (χ0n) is 12.9. The fourth-order valence-electron chi connectivity index (χ4n) is 2.16. The molecule has 2 N–H and O–H groups in total. The van der Waals surface area contributed by atoms with Crippen molar-refractivity contribution in [2.24, 2.45) is 0 Å². The molecule has 7 nitrogen and oxygen atoms in total. The maximum Gasteiger partial charge on any atom is 0.358 e. The fraction of sp³-hybridized carbons (Fsp3) is 0.786. The highest BCUT2D eigenvalue weighted by Gasteiger charge is 2.59. The molecule has 1 aliphatic heterocycles. The molecule has 0 aromatic carbocycles. The summed E-state index contributed by atoms with van der Waals surface area (Å²) in [4.78, 5) is 34.4. The SMILES string of the molecule is CCCCCCCCOC1NC(=O)NC(=O)C1(F)C(=O)OC. The highest BCUT2D eigenvalue weighted by Crippen LogP contribution is 2.23. The summed E-state index contributed by atoms with van der Waals surface area (Å²) in [7, 11) is 0.957. The van der Waals surface area contributed by atoms with Crippen molar-refractivity contribution in [3.8, 4) is 0 Å². The predicted octanol–water partition coefficient (Wildman–Crippen LogP) is 1.41. The smallest absolute Gasteiger partial charge is 0.358 e. The fourth-order valence-corrected chi connectivity index (χ4v) is 2.16. The van der Waals surface area contributed by atoms with Gasteiger partial charge in [-0.2, -0.15) is 0 Å². The highest BCUT2D eigenvalue weighted by atomic mass is 19.1. The number of imide groups is 1. The van der Waals surface area contributed by atoms with Crippen LogP contribution >= 0.6 is 0 Å². The Bertz CT molecular complexity index is 418. The number of nitrogens with one attached hydrogen (secondary N) is 2. The van der Waals surface area contributed by atoms with Crippen LogP contribution in [0, 0.1) is 0 Å². The summed E-state index contributed by atoms with van der Waals surface area (Å²) in [5.74, 6) is -2.78. The first kappa shape index (κ1) is 18.3. The van der Waals surface area contributed by atoms with E-state index in [4.69, 9.17) is 4.74 Å². The Morgan fingerprint density at radius 3 is 2.50 bits per heavy atom. The van der Waals surface area contributed by atoms with E-state index in [1.54, 1.807) is 5.32 Å². The number of hydrogen-bond acceptors (Lipinski definition) is 5. The van der Waals surface area contributed by atoms with E-state index in [0.29, 0.717) is 6.42 Å². The van der Waals surface area contributed by atoms with Crippen molar-refractivity contribution < 1.29 is 28.2 Å². The van der Waals surface area contributed by atoms with E-state index in [-0.39, 0.29) is 6.61 Å². The molecule has 0 bridgehead atoms. The maximum atomic E-state index is 14.6. The minimum atomic E-state index is -3.08. The van der Waals surface area contributed by atoms with Gasteiger partial charge in [0.1, 0.15) is 0 Å². The minimum absolute atomic E-state index is 0.132. The van der Waals surface area contributed by atoms with E-state index in [1.165, 1.54) is 0 Å². The number of rotatable bonds is 9. The van der Waals surface area contributed by atoms with Gasteiger partial charge in [0.05, 0.1) is 7.11 Å². The second-order valence-electron chi connectivity index (χ2n) is 5.15. The molecule has 22 heavy (non-hydrogen) atoms. The summed E-state index contributed by atoms with van der Waals surface area (Å²) in [5, 5.41) is 3.79. The molecule has 8 heteroatoms. The average molecular weight is 318 g/mol. The standard InChI is InChI=1S/C14H23FN2O5/c1-3-4-5-6-7-8-9-22-11-14(15,12(19)21-2)10(18)16-13(20)17-11/h11H,3-9H2,1-2H3,(H2,16,17,18,20). The lowest BCUT2D eigenvalue weighted by atomic mass is 10.0. The first-order valence-electron chi connectivity index (χ1n) is 7.47. The number of esters is 1. The van der Waals surface area contributed by atoms with Crippen molar-refractivity contribution in [2.75, 3.05) is 13.7 Å². The van der Waals surface area contributed by atoms with Gasteiger partial charge in [0, 0.05) is 6.61 Å². The number of carbonyl (C=O) groups excluding carboxylic acids is 3. The first-order chi connectivity index (χ1) is 10.5. The zero-order valence-corrected chi connectivity index (χ0v) is 12.9. The van der Waals surface area contributed by atoms with Gasteiger partial charge in [0.15, 0.2) is 6.23 Å². The van der Waals surface area contributed by atoms with Gasteiger partial charge in [-0.05, 0) is 6.42 Å². The Morgan fingerprint density at radius 1 is 1.23 bits per heavy atom. The maximum absolute atomic E-state index is 14.6. The number of hydrogen-bond donors (Lipinski definition) is 2. The van der Waals surface area contributed by atoms with Crippen LogP contribution in [0.1, 0.15) is 45.4 Å². The lowest BCUT2D eigenvalue weighted by Gasteiger charge is -2.34.